The average Bonchev–Trinajstić information content (AvgIpc) is 2.75. The van der Waals surface area contributed by atoms with Gasteiger partial charge in [0.25, 0.3) is 0 Å². The predicted octanol–water partition coefficient (Wildman–Crippen LogP) is 3.21. The Morgan fingerprint density at radius 2 is 2.18 bits per heavy atom. The van der Waals surface area contributed by atoms with Crippen LogP contribution >= 0.6 is 11.3 Å². The van der Waals surface area contributed by atoms with Crippen LogP contribution in [0.4, 0.5) is 0 Å². The maximum Gasteiger partial charge on any atom is 0.0238 e. The van der Waals surface area contributed by atoms with Crippen molar-refractivity contribution in [1.29, 1.82) is 0 Å². The summed E-state index contributed by atoms with van der Waals surface area (Å²) in [7, 11) is 2.21. The van der Waals surface area contributed by atoms with E-state index in [2.05, 4.69) is 47.9 Å². The molecule has 0 unspecified atom stereocenters. The molecule has 1 N–H and O–H groups in total. The summed E-state index contributed by atoms with van der Waals surface area (Å²) in [4.78, 5) is 2.41. The molecule has 1 heterocycles. The molecule has 0 aromatic carbocycles. The highest BCUT2D eigenvalue weighted by atomic mass is 32.1. The van der Waals surface area contributed by atoms with Gasteiger partial charge in [0.05, 0.1) is 0 Å². The van der Waals surface area contributed by atoms with Gasteiger partial charge in [-0.25, -0.2) is 0 Å². The van der Waals surface area contributed by atoms with E-state index in [0.29, 0.717) is 0 Å². The lowest BCUT2D eigenvalue weighted by Gasteiger charge is -2.15. The molecule has 0 aliphatic rings. The van der Waals surface area contributed by atoms with E-state index in [1.165, 1.54) is 24.9 Å². The minimum absolute atomic E-state index is 0.760. The third-order valence-corrected chi connectivity index (χ3v) is 3.46. The summed E-state index contributed by atoms with van der Waals surface area (Å²) < 4.78 is 0. The van der Waals surface area contributed by atoms with Crippen molar-refractivity contribution in [3.63, 3.8) is 0 Å². The molecule has 0 saturated carbocycles. The Morgan fingerprint density at radius 1 is 1.35 bits per heavy atom. The van der Waals surface area contributed by atoms with E-state index in [0.717, 1.165) is 25.6 Å². The summed E-state index contributed by atoms with van der Waals surface area (Å²) in [5.41, 5.74) is 1.44. The zero-order valence-corrected chi connectivity index (χ0v) is 12.2. The minimum Gasteiger partial charge on any atom is -0.316 e. The second-order valence-electron chi connectivity index (χ2n) is 5.17. The third kappa shape index (κ3) is 7.53. The van der Waals surface area contributed by atoms with Crippen LogP contribution in [0.2, 0.25) is 0 Å². The van der Waals surface area contributed by atoms with Gasteiger partial charge in [-0.3, -0.25) is 0 Å². The summed E-state index contributed by atoms with van der Waals surface area (Å²) in [6.07, 6.45) is 2.56. The zero-order valence-electron chi connectivity index (χ0n) is 11.4. The number of rotatable bonds is 9. The SMILES string of the molecule is CC(C)CNCCCCN(C)Cc1ccsc1. The molecule has 1 aromatic rings. The predicted molar refractivity (Wildman–Crippen MR) is 77.6 cm³/mol. The Balaban J connectivity index is 1.95. The van der Waals surface area contributed by atoms with Crippen molar-refractivity contribution in [3.8, 4) is 0 Å². The molecule has 1 aromatic heterocycles. The summed E-state index contributed by atoms with van der Waals surface area (Å²) in [6.45, 7) is 9.08. The molecule has 0 radical (unpaired) electrons. The van der Waals surface area contributed by atoms with Gasteiger partial charge in [0.1, 0.15) is 0 Å². The van der Waals surface area contributed by atoms with Crippen molar-refractivity contribution in [2.45, 2.75) is 33.2 Å². The second kappa shape index (κ2) is 8.67. The molecular formula is C14H26N2S. The van der Waals surface area contributed by atoms with Crippen LogP contribution in [0.3, 0.4) is 0 Å². The van der Waals surface area contributed by atoms with Crippen molar-refractivity contribution >= 4 is 11.3 Å². The molecule has 0 saturated heterocycles. The number of nitrogens with one attached hydrogen (secondary N) is 1. The maximum atomic E-state index is 3.49. The Labute approximate surface area is 110 Å². The van der Waals surface area contributed by atoms with E-state index in [9.17, 15) is 0 Å². The van der Waals surface area contributed by atoms with Crippen molar-refractivity contribution < 1.29 is 0 Å². The van der Waals surface area contributed by atoms with Gasteiger partial charge in [0, 0.05) is 6.54 Å². The fraction of sp³-hybridized carbons (Fsp3) is 0.714. The molecule has 0 amide bonds. The first-order chi connectivity index (χ1) is 8.18. The summed E-state index contributed by atoms with van der Waals surface area (Å²) in [5.74, 6) is 0.760. The Kier molecular flexibility index (Phi) is 7.49. The second-order valence-corrected chi connectivity index (χ2v) is 5.95. The van der Waals surface area contributed by atoms with Crippen LogP contribution in [0.5, 0.6) is 0 Å². The number of hydrogen-bond donors (Lipinski definition) is 1. The molecule has 0 fully saturated rings. The molecule has 3 heteroatoms. The van der Waals surface area contributed by atoms with Crippen LogP contribution in [0, 0.1) is 5.92 Å². The molecule has 0 aliphatic carbocycles. The maximum absolute atomic E-state index is 3.49. The van der Waals surface area contributed by atoms with E-state index in [1.54, 1.807) is 11.3 Å². The lowest BCUT2D eigenvalue weighted by Crippen LogP contribution is -2.23. The Bertz CT molecular complexity index is 270. The first-order valence-electron chi connectivity index (χ1n) is 6.59. The van der Waals surface area contributed by atoms with Crippen molar-refractivity contribution in [2.75, 3.05) is 26.7 Å². The summed E-state index contributed by atoms with van der Waals surface area (Å²) >= 11 is 1.78. The van der Waals surface area contributed by atoms with Gasteiger partial charge in [0.2, 0.25) is 0 Å². The van der Waals surface area contributed by atoms with E-state index < -0.39 is 0 Å². The first kappa shape index (κ1) is 14.7. The molecule has 1 rings (SSSR count). The van der Waals surface area contributed by atoms with Crippen molar-refractivity contribution in [2.24, 2.45) is 5.92 Å². The number of unbranched alkanes of at least 4 members (excludes halogenated alkanes) is 1. The van der Waals surface area contributed by atoms with E-state index in [1.807, 2.05) is 0 Å². The van der Waals surface area contributed by atoms with Gasteiger partial charge in [-0.1, -0.05) is 13.8 Å². The average molecular weight is 254 g/mol. The number of nitrogens with zero attached hydrogens (tertiary/aromatic N) is 1. The van der Waals surface area contributed by atoms with E-state index in [4.69, 9.17) is 0 Å². The van der Waals surface area contributed by atoms with Gasteiger partial charge in [-0.2, -0.15) is 11.3 Å². The Hall–Kier alpha value is -0.380. The summed E-state index contributed by atoms with van der Waals surface area (Å²) in [6, 6.07) is 2.21. The highest BCUT2D eigenvalue weighted by Gasteiger charge is 2.00. The molecule has 0 spiro atoms. The topological polar surface area (TPSA) is 15.3 Å². The lowest BCUT2D eigenvalue weighted by molar-refractivity contribution is 0.317. The van der Waals surface area contributed by atoms with E-state index in [-0.39, 0.29) is 0 Å². The normalized spacial score (nSPS) is 11.6. The molecule has 0 aliphatic heterocycles. The fourth-order valence-corrected chi connectivity index (χ4v) is 2.46. The van der Waals surface area contributed by atoms with Gasteiger partial charge >= 0.3 is 0 Å². The van der Waals surface area contributed by atoms with Gasteiger partial charge in [-0.05, 0) is 67.8 Å². The van der Waals surface area contributed by atoms with E-state index >= 15 is 0 Å². The molecule has 98 valence electrons. The van der Waals surface area contributed by atoms with Crippen LogP contribution in [0.15, 0.2) is 16.8 Å². The minimum atomic E-state index is 0.760. The highest BCUT2D eigenvalue weighted by molar-refractivity contribution is 7.07. The number of hydrogen-bond acceptors (Lipinski definition) is 3. The van der Waals surface area contributed by atoms with Crippen LogP contribution in [-0.4, -0.2) is 31.6 Å². The van der Waals surface area contributed by atoms with Gasteiger partial charge < -0.3 is 10.2 Å². The quantitative estimate of drug-likeness (QED) is 0.681. The molecule has 0 atom stereocenters. The van der Waals surface area contributed by atoms with Gasteiger partial charge in [0.15, 0.2) is 0 Å². The highest BCUT2D eigenvalue weighted by Crippen LogP contribution is 2.08. The van der Waals surface area contributed by atoms with Crippen LogP contribution in [0.1, 0.15) is 32.3 Å². The molecule has 17 heavy (non-hydrogen) atoms. The smallest absolute Gasteiger partial charge is 0.0238 e. The van der Waals surface area contributed by atoms with Crippen LogP contribution in [-0.2, 0) is 6.54 Å². The van der Waals surface area contributed by atoms with Crippen LogP contribution < -0.4 is 5.32 Å². The third-order valence-electron chi connectivity index (χ3n) is 2.73. The first-order valence-corrected chi connectivity index (χ1v) is 7.53. The molecule has 0 bridgehead atoms. The zero-order chi connectivity index (χ0) is 12.5. The molecular weight excluding hydrogens is 228 g/mol. The van der Waals surface area contributed by atoms with Crippen molar-refractivity contribution in [1.82, 2.24) is 10.2 Å². The van der Waals surface area contributed by atoms with Crippen LogP contribution in [0.25, 0.3) is 0 Å². The Morgan fingerprint density at radius 3 is 2.82 bits per heavy atom. The monoisotopic (exact) mass is 254 g/mol. The summed E-state index contributed by atoms with van der Waals surface area (Å²) in [5, 5.41) is 7.88. The fourth-order valence-electron chi connectivity index (χ4n) is 1.80. The van der Waals surface area contributed by atoms with Gasteiger partial charge in [-0.15, -0.1) is 0 Å². The number of thiophene rings is 1. The largest absolute Gasteiger partial charge is 0.316 e. The standard InChI is InChI=1S/C14H26N2S/c1-13(2)10-15-7-4-5-8-16(3)11-14-6-9-17-12-14/h6,9,12-13,15H,4-5,7-8,10-11H2,1-3H3. The lowest BCUT2D eigenvalue weighted by atomic mass is 10.2. The van der Waals surface area contributed by atoms with Crippen molar-refractivity contribution in [3.05, 3.63) is 22.4 Å². The molecule has 2 nitrogen and oxygen atoms in total.